The van der Waals surface area contributed by atoms with Gasteiger partial charge >= 0.3 is 6.03 Å². The minimum absolute atomic E-state index is 0.298. The number of nitrogens with two attached hydrogens (primary N) is 1. The van der Waals surface area contributed by atoms with E-state index >= 15 is 0 Å². The van der Waals surface area contributed by atoms with Crippen LogP contribution in [0.25, 0.3) is 22.0 Å². The quantitative estimate of drug-likeness (QED) is 0.308. The first kappa shape index (κ1) is 20.3. The summed E-state index contributed by atoms with van der Waals surface area (Å²) in [7, 11) is 0. The van der Waals surface area contributed by atoms with Crippen LogP contribution in [0.3, 0.4) is 0 Å². The average Bonchev–Trinajstić information content (AvgIpc) is 3.26. The predicted octanol–water partition coefficient (Wildman–Crippen LogP) is 4.08. The van der Waals surface area contributed by atoms with Crippen molar-refractivity contribution in [2.75, 3.05) is 11.1 Å². The van der Waals surface area contributed by atoms with Gasteiger partial charge in [0.25, 0.3) is 5.91 Å². The second kappa shape index (κ2) is 8.16. The molecular formula is C25H22N6O2. The third kappa shape index (κ3) is 4.01. The number of nitrogens with one attached hydrogen (secondary N) is 4. The van der Waals surface area contributed by atoms with Crippen LogP contribution >= 0.6 is 0 Å². The molecule has 0 saturated heterocycles. The Bertz CT molecular complexity index is 1400. The van der Waals surface area contributed by atoms with E-state index < -0.39 is 6.04 Å². The first-order valence-corrected chi connectivity index (χ1v) is 10.5. The minimum atomic E-state index is -0.591. The highest BCUT2D eigenvalue weighted by molar-refractivity contribution is 6.07. The van der Waals surface area contributed by atoms with E-state index in [-0.39, 0.29) is 11.9 Å². The number of urea groups is 1. The van der Waals surface area contributed by atoms with E-state index in [9.17, 15) is 9.59 Å². The van der Waals surface area contributed by atoms with Crippen molar-refractivity contribution < 1.29 is 9.59 Å². The Balaban J connectivity index is 1.44. The highest BCUT2D eigenvalue weighted by atomic mass is 16.2. The zero-order valence-electron chi connectivity index (χ0n) is 17.8. The number of anilines is 2. The number of amides is 3. The molecular weight excluding hydrogens is 416 g/mol. The zero-order valence-corrected chi connectivity index (χ0v) is 17.8. The number of rotatable bonds is 4. The SMILES string of the molecule is CC1=C(C(=O)Nc2ccc3[nH]ncc3c2)C(c2ccc(-c3cccc(N)c3)cc2)NC(=O)N1. The maximum Gasteiger partial charge on any atom is 0.319 e. The fourth-order valence-electron chi connectivity index (χ4n) is 4.05. The second-order valence-corrected chi connectivity index (χ2v) is 7.94. The molecule has 4 aromatic rings. The number of hydrogen-bond acceptors (Lipinski definition) is 4. The second-order valence-electron chi connectivity index (χ2n) is 7.94. The number of carbonyl (C=O) groups excluding carboxylic acids is 2. The molecule has 8 heteroatoms. The lowest BCUT2D eigenvalue weighted by molar-refractivity contribution is -0.113. The van der Waals surface area contributed by atoms with Gasteiger partial charge in [-0.05, 0) is 53.9 Å². The third-order valence-electron chi connectivity index (χ3n) is 5.68. The lowest BCUT2D eigenvalue weighted by Gasteiger charge is -2.28. The molecule has 3 aromatic carbocycles. The molecule has 1 aliphatic rings. The molecule has 1 aliphatic heterocycles. The van der Waals surface area contributed by atoms with Gasteiger partial charge in [0.05, 0.1) is 23.3 Å². The summed E-state index contributed by atoms with van der Waals surface area (Å²) >= 11 is 0. The topological polar surface area (TPSA) is 125 Å². The van der Waals surface area contributed by atoms with Crippen molar-refractivity contribution in [3.63, 3.8) is 0 Å². The lowest BCUT2D eigenvalue weighted by Crippen LogP contribution is -2.45. The van der Waals surface area contributed by atoms with Crippen LogP contribution in [0.5, 0.6) is 0 Å². The molecule has 1 unspecified atom stereocenters. The summed E-state index contributed by atoms with van der Waals surface area (Å²) in [5.41, 5.74) is 11.8. The van der Waals surface area contributed by atoms with E-state index in [1.54, 1.807) is 19.2 Å². The molecule has 0 bridgehead atoms. The summed E-state index contributed by atoms with van der Waals surface area (Å²) in [5.74, 6) is -0.298. The number of hydrogen-bond donors (Lipinski definition) is 5. The van der Waals surface area contributed by atoms with E-state index in [1.165, 1.54) is 0 Å². The van der Waals surface area contributed by atoms with Crippen molar-refractivity contribution in [3.05, 3.63) is 89.8 Å². The lowest BCUT2D eigenvalue weighted by atomic mass is 9.93. The Morgan fingerprint density at radius 3 is 2.64 bits per heavy atom. The van der Waals surface area contributed by atoms with Gasteiger partial charge in [-0.25, -0.2) is 4.79 Å². The Morgan fingerprint density at radius 2 is 1.85 bits per heavy atom. The van der Waals surface area contributed by atoms with Crippen LogP contribution in [-0.4, -0.2) is 22.1 Å². The molecule has 0 spiro atoms. The molecule has 1 atom stereocenters. The number of aromatic amines is 1. The number of carbonyl (C=O) groups is 2. The molecule has 33 heavy (non-hydrogen) atoms. The van der Waals surface area contributed by atoms with E-state index in [0.29, 0.717) is 22.6 Å². The molecule has 8 nitrogen and oxygen atoms in total. The molecule has 0 saturated carbocycles. The van der Waals surface area contributed by atoms with Crippen LogP contribution in [0, 0.1) is 0 Å². The molecule has 1 aromatic heterocycles. The van der Waals surface area contributed by atoms with E-state index in [2.05, 4.69) is 26.1 Å². The minimum Gasteiger partial charge on any atom is -0.399 e. The largest absolute Gasteiger partial charge is 0.399 e. The van der Waals surface area contributed by atoms with Crippen LogP contribution in [0.15, 0.2) is 84.2 Å². The third-order valence-corrected chi connectivity index (χ3v) is 5.68. The van der Waals surface area contributed by atoms with E-state index in [1.807, 2.05) is 60.7 Å². The van der Waals surface area contributed by atoms with Crippen molar-refractivity contribution >= 4 is 34.2 Å². The zero-order chi connectivity index (χ0) is 22.9. The summed E-state index contributed by atoms with van der Waals surface area (Å²) in [6.07, 6.45) is 1.70. The number of aromatic nitrogens is 2. The average molecular weight is 438 g/mol. The van der Waals surface area contributed by atoms with E-state index in [4.69, 9.17) is 5.73 Å². The summed E-state index contributed by atoms with van der Waals surface area (Å²) in [6.45, 7) is 1.72. The van der Waals surface area contributed by atoms with Gasteiger partial charge in [0, 0.05) is 22.5 Å². The summed E-state index contributed by atoms with van der Waals surface area (Å²) < 4.78 is 0. The number of benzene rings is 3. The van der Waals surface area contributed by atoms with Crippen LogP contribution < -0.4 is 21.7 Å². The summed E-state index contributed by atoms with van der Waals surface area (Å²) in [4.78, 5) is 25.5. The van der Waals surface area contributed by atoms with Crippen LogP contribution in [0.4, 0.5) is 16.2 Å². The molecule has 6 N–H and O–H groups in total. The van der Waals surface area contributed by atoms with Crippen molar-refractivity contribution in [1.82, 2.24) is 20.8 Å². The maximum atomic E-state index is 13.3. The standard InChI is InChI=1S/C25H22N6O2/c1-14-22(24(32)29-20-9-10-21-18(12-20)13-27-31-21)23(30-25(33)28-14)16-7-5-15(6-8-16)17-3-2-4-19(26)11-17/h2-13,23H,26H2,1H3,(H,27,31)(H,29,32)(H2,28,30,33). The van der Waals surface area contributed by atoms with Crippen molar-refractivity contribution in [3.8, 4) is 11.1 Å². The normalized spacial score (nSPS) is 15.8. The van der Waals surface area contributed by atoms with Gasteiger partial charge < -0.3 is 21.7 Å². The van der Waals surface area contributed by atoms with Gasteiger partial charge in [0.1, 0.15) is 0 Å². The Morgan fingerprint density at radius 1 is 1.03 bits per heavy atom. The van der Waals surface area contributed by atoms with Gasteiger partial charge in [0.15, 0.2) is 0 Å². The first-order valence-electron chi connectivity index (χ1n) is 10.5. The smallest absolute Gasteiger partial charge is 0.319 e. The van der Waals surface area contributed by atoms with Gasteiger partial charge in [0.2, 0.25) is 0 Å². The molecule has 164 valence electrons. The molecule has 3 amide bonds. The molecule has 0 fully saturated rings. The van der Waals surface area contributed by atoms with Gasteiger partial charge in [-0.3, -0.25) is 9.89 Å². The first-order chi connectivity index (χ1) is 16.0. The fourth-order valence-corrected chi connectivity index (χ4v) is 4.05. The summed E-state index contributed by atoms with van der Waals surface area (Å²) in [6, 6.07) is 19.9. The summed E-state index contributed by atoms with van der Waals surface area (Å²) in [5, 5.41) is 16.3. The highest BCUT2D eigenvalue weighted by Crippen LogP contribution is 2.30. The van der Waals surface area contributed by atoms with Crippen LogP contribution in [0.1, 0.15) is 18.5 Å². The van der Waals surface area contributed by atoms with Crippen LogP contribution in [0.2, 0.25) is 0 Å². The predicted molar refractivity (Wildman–Crippen MR) is 128 cm³/mol. The number of allylic oxidation sites excluding steroid dienone is 1. The van der Waals surface area contributed by atoms with Crippen molar-refractivity contribution in [2.45, 2.75) is 13.0 Å². The fraction of sp³-hybridized carbons (Fsp3) is 0.0800. The van der Waals surface area contributed by atoms with Crippen LogP contribution in [-0.2, 0) is 4.79 Å². The Kier molecular flexibility index (Phi) is 5.02. The van der Waals surface area contributed by atoms with Gasteiger partial charge in [-0.2, -0.15) is 5.10 Å². The van der Waals surface area contributed by atoms with Gasteiger partial charge in [-0.15, -0.1) is 0 Å². The number of H-pyrrole nitrogens is 1. The van der Waals surface area contributed by atoms with Crippen molar-refractivity contribution in [2.24, 2.45) is 0 Å². The number of nitrogens with zero attached hydrogens (tertiary/aromatic N) is 1. The van der Waals surface area contributed by atoms with Crippen molar-refractivity contribution in [1.29, 1.82) is 0 Å². The maximum absolute atomic E-state index is 13.3. The molecule has 0 radical (unpaired) electrons. The Hall–Kier alpha value is -4.59. The monoisotopic (exact) mass is 438 g/mol. The number of fused-ring (bicyclic) bond motifs is 1. The molecule has 5 rings (SSSR count). The van der Waals surface area contributed by atoms with E-state index in [0.717, 1.165) is 27.6 Å². The molecule has 0 aliphatic carbocycles. The highest BCUT2D eigenvalue weighted by Gasteiger charge is 2.31. The van der Waals surface area contributed by atoms with Gasteiger partial charge in [-0.1, -0.05) is 36.4 Å². The molecule has 2 heterocycles. The number of nitrogen functional groups attached to an aromatic ring is 1. The Labute approximate surface area is 189 Å².